The summed E-state index contributed by atoms with van der Waals surface area (Å²) in [6, 6.07) is 7.58. The van der Waals surface area contributed by atoms with E-state index in [4.69, 9.17) is 9.84 Å². The largest absolute Gasteiger partial charge is 0.481 e. The lowest BCUT2D eigenvalue weighted by atomic mass is 10.1. The third-order valence-corrected chi connectivity index (χ3v) is 2.03. The van der Waals surface area contributed by atoms with Gasteiger partial charge in [0.2, 0.25) is 0 Å². The van der Waals surface area contributed by atoms with E-state index in [0.717, 1.165) is 11.1 Å². The van der Waals surface area contributed by atoms with Gasteiger partial charge in [0.15, 0.2) is 0 Å². The van der Waals surface area contributed by atoms with E-state index in [2.05, 4.69) is 11.8 Å². The van der Waals surface area contributed by atoms with Crippen LogP contribution in [0, 0.1) is 11.8 Å². The predicted octanol–water partition coefficient (Wildman–Crippen LogP) is 1.70. The van der Waals surface area contributed by atoms with Gasteiger partial charge in [-0.2, -0.15) is 0 Å². The zero-order valence-corrected chi connectivity index (χ0v) is 9.19. The number of hydrogen-bond acceptors (Lipinski definition) is 2. The quantitative estimate of drug-likeness (QED) is 0.782. The molecule has 0 unspecified atom stereocenters. The summed E-state index contributed by atoms with van der Waals surface area (Å²) in [5.74, 6) is 5.03. The van der Waals surface area contributed by atoms with Crippen LogP contribution in [0.2, 0.25) is 0 Å². The fraction of sp³-hybridized carbons (Fsp3) is 0.308. The number of rotatable bonds is 4. The molecule has 3 nitrogen and oxygen atoms in total. The van der Waals surface area contributed by atoms with E-state index in [9.17, 15) is 4.79 Å². The molecule has 0 aliphatic heterocycles. The van der Waals surface area contributed by atoms with Crippen LogP contribution in [0.3, 0.4) is 0 Å². The summed E-state index contributed by atoms with van der Waals surface area (Å²) in [4.78, 5) is 10.4. The molecule has 0 saturated heterocycles. The summed E-state index contributed by atoms with van der Waals surface area (Å²) in [7, 11) is 1.60. The molecule has 3 heteroatoms. The van der Waals surface area contributed by atoms with Crippen LogP contribution in [-0.4, -0.2) is 24.8 Å². The first-order valence-corrected chi connectivity index (χ1v) is 5.01. The highest BCUT2D eigenvalue weighted by molar-refractivity contribution is 5.67. The zero-order chi connectivity index (χ0) is 11.8. The number of aliphatic carboxylic acids is 1. The van der Waals surface area contributed by atoms with Gasteiger partial charge in [-0.25, -0.2) is 0 Å². The second-order valence-corrected chi connectivity index (χ2v) is 3.33. The van der Waals surface area contributed by atoms with Crippen molar-refractivity contribution >= 4 is 5.97 Å². The summed E-state index contributed by atoms with van der Waals surface area (Å²) < 4.78 is 4.81. The van der Waals surface area contributed by atoms with Gasteiger partial charge in [-0.3, -0.25) is 4.79 Å². The Labute approximate surface area is 95.1 Å². The number of carbonyl (C=O) groups is 1. The molecule has 0 spiro atoms. The van der Waals surface area contributed by atoms with Gasteiger partial charge < -0.3 is 9.84 Å². The zero-order valence-electron chi connectivity index (χ0n) is 9.19. The van der Waals surface area contributed by atoms with Crippen molar-refractivity contribution < 1.29 is 14.6 Å². The smallest absolute Gasteiger partial charge is 0.303 e. The lowest BCUT2D eigenvalue weighted by Gasteiger charge is -1.98. The van der Waals surface area contributed by atoms with Gasteiger partial charge >= 0.3 is 5.97 Å². The first-order valence-electron chi connectivity index (χ1n) is 5.01. The van der Waals surface area contributed by atoms with E-state index in [0.29, 0.717) is 13.0 Å². The van der Waals surface area contributed by atoms with Gasteiger partial charge in [-0.05, 0) is 24.1 Å². The van der Waals surface area contributed by atoms with E-state index in [-0.39, 0.29) is 6.42 Å². The number of carboxylic acids is 1. The first kappa shape index (κ1) is 12.3. The van der Waals surface area contributed by atoms with Gasteiger partial charge in [0.1, 0.15) is 6.61 Å². The Hall–Kier alpha value is -1.79. The first-order chi connectivity index (χ1) is 7.72. The SMILES string of the molecule is COCC#Cc1ccc(CCC(=O)O)cc1. The van der Waals surface area contributed by atoms with E-state index < -0.39 is 5.97 Å². The summed E-state index contributed by atoms with van der Waals surface area (Å²) in [5.41, 5.74) is 1.93. The molecule has 1 aromatic carbocycles. The molecular weight excluding hydrogens is 204 g/mol. The minimum Gasteiger partial charge on any atom is -0.481 e. The molecule has 0 heterocycles. The highest BCUT2D eigenvalue weighted by Crippen LogP contribution is 2.05. The molecule has 0 amide bonds. The number of ether oxygens (including phenoxy) is 1. The van der Waals surface area contributed by atoms with Crippen LogP contribution in [0.25, 0.3) is 0 Å². The van der Waals surface area contributed by atoms with Crippen molar-refractivity contribution in [2.75, 3.05) is 13.7 Å². The van der Waals surface area contributed by atoms with Crippen LogP contribution in [0.1, 0.15) is 17.5 Å². The molecule has 16 heavy (non-hydrogen) atoms. The monoisotopic (exact) mass is 218 g/mol. The van der Waals surface area contributed by atoms with Crippen LogP contribution >= 0.6 is 0 Å². The Morgan fingerprint density at radius 1 is 1.38 bits per heavy atom. The van der Waals surface area contributed by atoms with Crippen LogP contribution in [0.4, 0.5) is 0 Å². The highest BCUT2D eigenvalue weighted by atomic mass is 16.5. The van der Waals surface area contributed by atoms with Gasteiger partial charge in [0.25, 0.3) is 0 Å². The summed E-state index contributed by atoms with van der Waals surface area (Å²) >= 11 is 0. The maximum atomic E-state index is 10.4. The van der Waals surface area contributed by atoms with E-state index in [1.54, 1.807) is 7.11 Å². The van der Waals surface area contributed by atoms with Crippen LogP contribution < -0.4 is 0 Å². The van der Waals surface area contributed by atoms with Crippen molar-refractivity contribution in [3.8, 4) is 11.8 Å². The molecule has 0 aliphatic carbocycles. The molecule has 1 aromatic rings. The highest BCUT2D eigenvalue weighted by Gasteiger charge is 1.98. The lowest BCUT2D eigenvalue weighted by Crippen LogP contribution is -1.97. The Kier molecular flexibility index (Phi) is 5.10. The fourth-order valence-electron chi connectivity index (χ4n) is 1.22. The second kappa shape index (κ2) is 6.65. The Balaban J connectivity index is 2.55. The minimum absolute atomic E-state index is 0.161. The van der Waals surface area contributed by atoms with Crippen LogP contribution in [0.5, 0.6) is 0 Å². The van der Waals surface area contributed by atoms with Crippen molar-refractivity contribution in [3.05, 3.63) is 35.4 Å². The summed E-state index contributed by atoms with van der Waals surface area (Å²) in [6.07, 6.45) is 0.718. The molecule has 0 fully saturated rings. The van der Waals surface area contributed by atoms with E-state index in [1.165, 1.54) is 0 Å². The second-order valence-electron chi connectivity index (χ2n) is 3.33. The maximum Gasteiger partial charge on any atom is 0.303 e. The average Bonchev–Trinajstić information content (AvgIpc) is 2.28. The Morgan fingerprint density at radius 3 is 2.62 bits per heavy atom. The molecule has 0 atom stereocenters. The molecule has 0 saturated carbocycles. The molecule has 1 rings (SSSR count). The van der Waals surface area contributed by atoms with Crippen molar-refractivity contribution in [3.63, 3.8) is 0 Å². The number of benzene rings is 1. The van der Waals surface area contributed by atoms with Gasteiger partial charge in [0, 0.05) is 19.1 Å². The standard InChI is InChI=1S/C13H14O3/c1-16-10-2-3-11-4-6-12(7-5-11)8-9-13(14)15/h4-7H,8-10H2,1H3,(H,14,15). The molecular formula is C13H14O3. The Bertz CT molecular complexity index is 395. The predicted molar refractivity (Wildman–Crippen MR) is 61.2 cm³/mol. The molecule has 0 radical (unpaired) electrons. The topological polar surface area (TPSA) is 46.5 Å². The molecule has 1 N–H and O–H groups in total. The Morgan fingerprint density at radius 2 is 2.06 bits per heavy atom. The normalized spacial score (nSPS) is 9.31. The molecule has 0 aromatic heterocycles. The number of aryl methyl sites for hydroxylation is 1. The average molecular weight is 218 g/mol. The third-order valence-electron chi connectivity index (χ3n) is 2.03. The number of carboxylic acid groups (broad SMARTS) is 1. The number of hydrogen-bond donors (Lipinski definition) is 1. The summed E-state index contributed by atoms with van der Waals surface area (Å²) in [5, 5.41) is 8.54. The third kappa shape index (κ3) is 4.63. The lowest BCUT2D eigenvalue weighted by molar-refractivity contribution is -0.136. The van der Waals surface area contributed by atoms with Gasteiger partial charge in [-0.15, -0.1) is 0 Å². The van der Waals surface area contributed by atoms with Crippen molar-refractivity contribution in [2.24, 2.45) is 0 Å². The molecule has 0 bridgehead atoms. The summed E-state index contributed by atoms with van der Waals surface area (Å²) in [6.45, 7) is 0.417. The fourth-order valence-corrected chi connectivity index (χ4v) is 1.22. The van der Waals surface area contributed by atoms with Crippen LogP contribution in [-0.2, 0) is 16.0 Å². The van der Waals surface area contributed by atoms with E-state index >= 15 is 0 Å². The molecule has 0 aliphatic rings. The van der Waals surface area contributed by atoms with E-state index in [1.807, 2.05) is 24.3 Å². The van der Waals surface area contributed by atoms with Crippen molar-refractivity contribution in [2.45, 2.75) is 12.8 Å². The maximum absolute atomic E-state index is 10.4. The minimum atomic E-state index is -0.774. The molecule has 84 valence electrons. The number of methoxy groups -OCH3 is 1. The van der Waals surface area contributed by atoms with Crippen molar-refractivity contribution in [1.29, 1.82) is 0 Å². The van der Waals surface area contributed by atoms with Gasteiger partial charge in [0.05, 0.1) is 0 Å². The van der Waals surface area contributed by atoms with Gasteiger partial charge in [-0.1, -0.05) is 24.0 Å². The van der Waals surface area contributed by atoms with Crippen molar-refractivity contribution in [1.82, 2.24) is 0 Å². The van der Waals surface area contributed by atoms with Crippen LogP contribution in [0.15, 0.2) is 24.3 Å².